The zero-order valence-electron chi connectivity index (χ0n) is 13.3. The maximum Gasteiger partial charge on any atom is 0.331 e. The predicted octanol–water partition coefficient (Wildman–Crippen LogP) is 4.74. The van der Waals surface area contributed by atoms with Crippen LogP contribution in [-0.2, 0) is 20.0 Å². The first-order chi connectivity index (χ1) is 9.33. The number of hydrogen-bond acceptors (Lipinski definition) is 3. The van der Waals surface area contributed by atoms with Gasteiger partial charge in [0.1, 0.15) is 0 Å². The van der Waals surface area contributed by atoms with Gasteiger partial charge in [-0.15, -0.1) is 0 Å². The van der Waals surface area contributed by atoms with Crippen molar-refractivity contribution in [1.29, 1.82) is 0 Å². The summed E-state index contributed by atoms with van der Waals surface area (Å²) in [6.07, 6.45) is 0.758. The highest BCUT2D eigenvalue weighted by Crippen LogP contribution is 2.56. The van der Waals surface area contributed by atoms with E-state index in [1.165, 1.54) is 5.56 Å². The molecular weight excluding hydrogens is 287 g/mol. The van der Waals surface area contributed by atoms with Gasteiger partial charge in [0.05, 0.1) is 26.6 Å². The van der Waals surface area contributed by atoms with Crippen LogP contribution in [0.1, 0.15) is 19.4 Å². The van der Waals surface area contributed by atoms with Gasteiger partial charge in [-0.3, -0.25) is 4.57 Å². The summed E-state index contributed by atoms with van der Waals surface area (Å²) in [6, 6.07) is 10.2. The lowest BCUT2D eigenvalue weighted by atomic mass is 10.2. The van der Waals surface area contributed by atoms with E-state index in [9.17, 15) is 4.57 Å². The highest BCUT2D eigenvalue weighted by Gasteiger charge is 2.44. The van der Waals surface area contributed by atoms with Crippen LogP contribution < -0.4 is 0 Å². The molecule has 1 aromatic carbocycles. The number of benzene rings is 1. The average Bonchev–Trinajstić information content (AvgIpc) is 2.36. The molecule has 0 saturated carbocycles. The summed E-state index contributed by atoms with van der Waals surface area (Å²) in [5, 5.41) is -0.0164. The van der Waals surface area contributed by atoms with E-state index in [-0.39, 0.29) is 5.28 Å². The van der Waals surface area contributed by atoms with Gasteiger partial charge in [0.15, 0.2) is 0 Å². The van der Waals surface area contributed by atoms with Gasteiger partial charge in [0.25, 0.3) is 0 Å². The Bertz CT molecular complexity index is 432. The van der Waals surface area contributed by atoms with E-state index in [1.54, 1.807) is 0 Å². The first-order valence-corrected chi connectivity index (χ1v) is 12.4. The van der Waals surface area contributed by atoms with Gasteiger partial charge in [0, 0.05) is 0 Å². The standard InChI is InChI=1S/C15H27O3PSi/c1-6-17-19(16,18-7-2)15(20(3,4)5)13-14-11-9-8-10-12-14/h8-12,15H,6-7,13H2,1-5H3. The molecule has 0 spiro atoms. The summed E-state index contributed by atoms with van der Waals surface area (Å²) in [5.41, 5.74) is 1.19. The molecule has 1 atom stereocenters. The van der Waals surface area contributed by atoms with Crippen LogP contribution in [0.4, 0.5) is 0 Å². The minimum absolute atomic E-state index is 0.0164. The van der Waals surface area contributed by atoms with Crippen molar-refractivity contribution >= 4 is 15.7 Å². The van der Waals surface area contributed by atoms with Crippen LogP contribution in [0.25, 0.3) is 0 Å². The van der Waals surface area contributed by atoms with Gasteiger partial charge in [0.2, 0.25) is 0 Å². The summed E-state index contributed by atoms with van der Waals surface area (Å²) in [7, 11) is -4.75. The maximum absolute atomic E-state index is 13.2. The minimum atomic E-state index is -3.05. The molecular formula is C15H27O3PSi. The first kappa shape index (κ1) is 17.6. The van der Waals surface area contributed by atoms with Crippen molar-refractivity contribution < 1.29 is 13.6 Å². The molecule has 0 heterocycles. The lowest BCUT2D eigenvalue weighted by molar-refractivity contribution is 0.217. The molecule has 3 nitrogen and oxygen atoms in total. The van der Waals surface area contributed by atoms with Crippen LogP contribution in [0.15, 0.2) is 30.3 Å². The lowest BCUT2D eigenvalue weighted by Crippen LogP contribution is -2.40. The Morgan fingerprint density at radius 1 is 1.05 bits per heavy atom. The maximum atomic E-state index is 13.2. The SMILES string of the molecule is CCOP(=O)(OCC)C(Cc1ccccc1)[Si](C)(C)C. The summed E-state index contributed by atoms with van der Waals surface area (Å²) in [6.45, 7) is 11.3. The van der Waals surface area contributed by atoms with Crippen LogP contribution >= 0.6 is 7.60 Å². The molecule has 0 aliphatic rings. The summed E-state index contributed by atoms with van der Waals surface area (Å²) in [5.74, 6) is 0. The highest BCUT2D eigenvalue weighted by molar-refractivity contribution is 7.58. The van der Waals surface area contributed by atoms with Crippen molar-refractivity contribution in [3.8, 4) is 0 Å². The Morgan fingerprint density at radius 2 is 1.55 bits per heavy atom. The minimum Gasteiger partial charge on any atom is -0.309 e. The molecule has 0 aromatic heterocycles. The van der Waals surface area contributed by atoms with E-state index in [1.807, 2.05) is 32.0 Å². The average molecular weight is 314 g/mol. The molecule has 5 heteroatoms. The molecule has 1 unspecified atom stereocenters. The summed E-state index contributed by atoms with van der Waals surface area (Å²) >= 11 is 0. The molecule has 0 aliphatic carbocycles. The molecule has 1 rings (SSSR count). The van der Waals surface area contributed by atoms with Crippen molar-refractivity contribution in [2.24, 2.45) is 0 Å². The van der Waals surface area contributed by atoms with Crippen molar-refractivity contribution in [2.75, 3.05) is 13.2 Å². The van der Waals surface area contributed by atoms with E-state index in [4.69, 9.17) is 9.05 Å². The fourth-order valence-corrected chi connectivity index (χ4v) is 8.99. The fraction of sp³-hybridized carbons (Fsp3) is 0.600. The summed E-state index contributed by atoms with van der Waals surface area (Å²) < 4.78 is 24.4. The Balaban J connectivity index is 3.08. The zero-order valence-corrected chi connectivity index (χ0v) is 15.2. The molecule has 0 bridgehead atoms. The third-order valence-corrected chi connectivity index (χ3v) is 10.9. The van der Waals surface area contributed by atoms with Crippen LogP contribution in [-0.4, -0.2) is 26.6 Å². The molecule has 114 valence electrons. The lowest BCUT2D eigenvalue weighted by Gasteiger charge is -2.34. The second kappa shape index (κ2) is 7.55. The highest BCUT2D eigenvalue weighted by atomic mass is 31.2. The molecule has 0 amide bonds. The third kappa shape index (κ3) is 4.85. The topological polar surface area (TPSA) is 35.5 Å². The monoisotopic (exact) mass is 314 g/mol. The van der Waals surface area contributed by atoms with Crippen molar-refractivity contribution in [2.45, 2.75) is 45.2 Å². The van der Waals surface area contributed by atoms with E-state index in [0.717, 1.165) is 6.42 Å². The Labute approximate surface area is 124 Å². The van der Waals surface area contributed by atoms with Gasteiger partial charge in [-0.1, -0.05) is 50.0 Å². The van der Waals surface area contributed by atoms with Gasteiger partial charge in [-0.25, -0.2) is 0 Å². The van der Waals surface area contributed by atoms with E-state index in [0.29, 0.717) is 13.2 Å². The third-order valence-electron chi connectivity index (χ3n) is 3.27. The molecule has 0 N–H and O–H groups in total. The van der Waals surface area contributed by atoms with Crippen LogP contribution in [0.3, 0.4) is 0 Å². The normalized spacial score (nSPS) is 14.2. The number of hydrogen-bond donors (Lipinski definition) is 0. The van der Waals surface area contributed by atoms with Crippen LogP contribution in [0.2, 0.25) is 19.6 Å². The van der Waals surface area contributed by atoms with Crippen molar-refractivity contribution in [3.63, 3.8) is 0 Å². The molecule has 20 heavy (non-hydrogen) atoms. The predicted molar refractivity (Wildman–Crippen MR) is 88.1 cm³/mol. The Hall–Kier alpha value is -0.413. The smallest absolute Gasteiger partial charge is 0.309 e. The van der Waals surface area contributed by atoms with E-state index in [2.05, 4.69) is 31.8 Å². The van der Waals surface area contributed by atoms with Crippen molar-refractivity contribution in [3.05, 3.63) is 35.9 Å². The van der Waals surface area contributed by atoms with E-state index < -0.39 is 15.7 Å². The first-order valence-electron chi connectivity index (χ1n) is 7.26. The fourth-order valence-electron chi connectivity index (χ4n) is 2.31. The molecule has 0 fully saturated rings. The van der Waals surface area contributed by atoms with Crippen molar-refractivity contribution in [1.82, 2.24) is 0 Å². The second-order valence-corrected chi connectivity index (χ2v) is 14.1. The van der Waals surface area contributed by atoms with Gasteiger partial charge >= 0.3 is 7.60 Å². The molecule has 0 saturated heterocycles. The van der Waals surface area contributed by atoms with Crippen LogP contribution in [0.5, 0.6) is 0 Å². The van der Waals surface area contributed by atoms with E-state index >= 15 is 0 Å². The quantitative estimate of drug-likeness (QED) is 0.513. The van der Waals surface area contributed by atoms with Gasteiger partial charge in [-0.2, -0.15) is 0 Å². The Kier molecular flexibility index (Phi) is 6.66. The molecule has 0 radical (unpaired) electrons. The molecule has 0 aliphatic heterocycles. The Morgan fingerprint density at radius 3 is 1.95 bits per heavy atom. The van der Waals surface area contributed by atoms with Crippen LogP contribution in [0, 0.1) is 0 Å². The van der Waals surface area contributed by atoms with Gasteiger partial charge < -0.3 is 9.05 Å². The molecule has 1 aromatic rings. The summed E-state index contributed by atoms with van der Waals surface area (Å²) in [4.78, 5) is 0. The largest absolute Gasteiger partial charge is 0.331 e. The van der Waals surface area contributed by atoms with Gasteiger partial charge in [-0.05, 0) is 25.8 Å². The second-order valence-electron chi connectivity index (χ2n) is 5.95. The number of rotatable bonds is 8. The zero-order chi connectivity index (χ0) is 15.2.